The van der Waals surface area contributed by atoms with E-state index in [9.17, 15) is 4.79 Å². The van der Waals surface area contributed by atoms with Crippen LogP contribution in [-0.2, 0) is 9.53 Å². The Kier molecular flexibility index (Phi) is 4.12. The van der Waals surface area contributed by atoms with E-state index in [1.54, 1.807) is 0 Å². The number of carbonyl (C=O) groups excluding carboxylic acids is 1. The Balaban J connectivity index is 3.28. The Morgan fingerprint density at radius 1 is 1.44 bits per heavy atom. The highest BCUT2D eigenvalue weighted by Gasteiger charge is 2.16. The highest BCUT2D eigenvalue weighted by atomic mass is 79.9. The predicted octanol–water partition coefficient (Wildman–Crippen LogP) is 2.70. The van der Waals surface area contributed by atoms with Crippen molar-refractivity contribution in [1.29, 1.82) is 0 Å². The van der Waals surface area contributed by atoms with Gasteiger partial charge in [-0.2, -0.15) is 0 Å². The van der Waals surface area contributed by atoms with Gasteiger partial charge in [-0.25, -0.2) is 4.79 Å². The highest BCUT2D eigenvalue weighted by molar-refractivity contribution is 9.10. The Morgan fingerprint density at radius 2 is 2.06 bits per heavy atom. The van der Waals surface area contributed by atoms with E-state index >= 15 is 0 Å². The van der Waals surface area contributed by atoms with Crippen LogP contribution in [0.5, 0.6) is 0 Å². The lowest BCUT2D eigenvalue weighted by Crippen LogP contribution is -2.13. The van der Waals surface area contributed by atoms with E-state index in [4.69, 9.17) is 0 Å². The van der Waals surface area contributed by atoms with Crippen LogP contribution in [0, 0.1) is 0 Å². The van der Waals surface area contributed by atoms with Crippen LogP contribution in [0.15, 0.2) is 29.3 Å². The first-order chi connectivity index (χ1) is 7.49. The first-order valence-electron chi connectivity index (χ1n) is 4.72. The molecule has 0 atom stereocenters. The molecule has 0 heterocycles. The fourth-order valence-electron chi connectivity index (χ4n) is 1.45. The number of carbonyl (C=O) groups is 1. The fraction of sp³-hybridized carbons (Fsp3) is 0.250. The third-order valence-corrected chi connectivity index (χ3v) is 2.83. The van der Waals surface area contributed by atoms with E-state index in [1.165, 1.54) is 7.11 Å². The van der Waals surface area contributed by atoms with Gasteiger partial charge in [0, 0.05) is 24.1 Å². The summed E-state index contributed by atoms with van der Waals surface area (Å²) in [5.41, 5.74) is 2.04. The van der Waals surface area contributed by atoms with Crippen molar-refractivity contribution in [3.8, 4) is 0 Å². The third-order valence-electron chi connectivity index (χ3n) is 2.19. The van der Waals surface area contributed by atoms with Crippen molar-refractivity contribution in [2.45, 2.75) is 0 Å². The van der Waals surface area contributed by atoms with E-state index in [1.807, 2.05) is 37.2 Å². The molecule has 0 aliphatic carbocycles. The van der Waals surface area contributed by atoms with Gasteiger partial charge in [0.1, 0.15) is 0 Å². The van der Waals surface area contributed by atoms with Crippen molar-refractivity contribution in [3.05, 3.63) is 34.8 Å². The van der Waals surface area contributed by atoms with Gasteiger partial charge in [0.15, 0.2) is 0 Å². The zero-order valence-corrected chi connectivity index (χ0v) is 11.2. The molecule has 1 rings (SSSR count). The van der Waals surface area contributed by atoms with Crippen LogP contribution in [0.4, 0.5) is 5.69 Å². The molecule has 3 nitrogen and oxygen atoms in total. The lowest BCUT2D eigenvalue weighted by atomic mass is 10.0. The van der Waals surface area contributed by atoms with Gasteiger partial charge in [-0.05, 0) is 22.0 Å². The van der Waals surface area contributed by atoms with Crippen LogP contribution in [0.1, 0.15) is 5.56 Å². The molecule has 0 radical (unpaired) electrons. The minimum absolute atomic E-state index is 0.354. The molecule has 0 saturated carbocycles. The van der Waals surface area contributed by atoms with Gasteiger partial charge in [0.2, 0.25) is 0 Å². The van der Waals surface area contributed by atoms with Crippen molar-refractivity contribution in [1.82, 2.24) is 0 Å². The summed E-state index contributed by atoms with van der Waals surface area (Å²) in [6.45, 7) is 3.76. The van der Waals surface area contributed by atoms with Gasteiger partial charge >= 0.3 is 5.97 Å². The van der Waals surface area contributed by atoms with E-state index in [2.05, 4.69) is 27.2 Å². The summed E-state index contributed by atoms with van der Waals surface area (Å²) < 4.78 is 5.59. The van der Waals surface area contributed by atoms with Crippen LogP contribution in [0.3, 0.4) is 0 Å². The Hall–Kier alpha value is -1.29. The van der Waals surface area contributed by atoms with Gasteiger partial charge in [-0.15, -0.1) is 0 Å². The van der Waals surface area contributed by atoms with Gasteiger partial charge in [-0.1, -0.05) is 18.7 Å². The number of para-hydroxylation sites is 1. The molecule has 0 spiro atoms. The second kappa shape index (κ2) is 5.16. The minimum Gasteiger partial charge on any atom is -0.465 e. The summed E-state index contributed by atoms with van der Waals surface area (Å²) in [5, 5.41) is 0. The molecule has 0 bridgehead atoms. The number of benzene rings is 1. The number of esters is 1. The average Bonchev–Trinajstić information content (AvgIpc) is 2.26. The average molecular weight is 284 g/mol. The van der Waals surface area contributed by atoms with Crippen LogP contribution in [0.2, 0.25) is 0 Å². The van der Waals surface area contributed by atoms with Crippen LogP contribution in [0.25, 0.3) is 5.57 Å². The van der Waals surface area contributed by atoms with Crippen molar-refractivity contribution in [2.75, 3.05) is 26.1 Å². The summed E-state index contributed by atoms with van der Waals surface area (Å²) in [7, 11) is 5.17. The molecule has 1 aromatic rings. The smallest absolute Gasteiger partial charge is 0.337 e. The van der Waals surface area contributed by atoms with Crippen molar-refractivity contribution in [2.24, 2.45) is 0 Å². The number of rotatable bonds is 3. The number of ether oxygens (including phenoxy) is 1. The van der Waals surface area contributed by atoms with Gasteiger partial charge in [0.25, 0.3) is 0 Å². The molecule has 0 amide bonds. The third kappa shape index (κ3) is 2.44. The highest BCUT2D eigenvalue weighted by Crippen LogP contribution is 2.32. The molecule has 4 heteroatoms. The van der Waals surface area contributed by atoms with Gasteiger partial charge < -0.3 is 9.64 Å². The van der Waals surface area contributed by atoms with Crippen LogP contribution >= 0.6 is 15.9 Å². The molecule has 0 N–H and O–H groups in total. The van der Waals surface area contributed by atoms with Crippen molar-refractivity contribution < 1.29 is 9.53 Å². The molecule has 16 heavy (non-hydrogen) atoms. The van der Waals surface area contributed by atoms with E-state index in [0.717, 1.165) is 15.7 Å². The summed E-state index contributed by atoms with van der Waals surface area (Å²) in [6.07, 6.45) is 0. The first kappa shape index (κ1) is 12.8. The van der Waals surface area contributed by atoms with Gasteiger partial charge in [-0.3, -0.25) is 0 Å². The number of hydrogen-bond acceptors (Lipinski definition) is 3. The Labute approximate surface area is 104 Å². The summed E-state index contributed by atoms with van der Waals surface area (Å²) >= 11 is 3.45. The normalized spacial score (nSPS) is 9.75. The van der Waals surface area contributed by atoms with E-state index in [-0.39, 0.29) is 0 Å². The van der Waals surface area contributed by atoms with E-state index < -0.39 is 5.97 Å². The van der Waals surface area contributed by atoms with Crippen molar-refractivity contribution in [3.63, 3.8) is 0 Å². The maximum Gasteiger partial charge on any atom is 0.337 e. The quantitative estimate of drug-likeness (QED) is 0.631. The second-order valence-electron chi connectivity index (χ2n) is 3.50. The molecule has 1 aromatic carbocycles. The number of anilines is 1. The number of halogens is 1. The number of nitrogens with zero attached hydrogens (tertiary/aromatic N) is 1. The molecule has 86 valence electrons. The Morgan fingerprint density at radius 3 is 2.56 bits per heavy atom. The van der Waals surface area contributed by atoms with Crippen LogP contribution in [-0.4, -0.2) is 27.2 Å². The molecule has 0 aromatic heterocycles. The molecular weight excluding hydrogens is 270 g/mol. The predicted molar refractivity (Wildman–Crippen MR) is 69.5 cm³/mol. The first-order valence-corrected chi connectivity index (χ1v) is 5.51. The van der Waals surface area contributed by atoms with Crippen LogP contribution < -0.4 is 4.90 Å². The minimum atomic E-state index is -0.416. The summed E-state index contributed by atoms with van der Waals surface area (Å²) in [5.74, 6) is -0.416. The largest absolute Gasteiger partial charge is 0.465 e. The number of hydrogen-bond donors (Lipinski definition) is 0. The lowest BCUT2D eigenvalue weighted by Gasteiger charge is -2.19. The molecule has 0 fully saturated rings. The molecular formula is C12H14BrNO2. The SMILES string of the molecule is C=C(C(=O)OC)c1cccc(Br)c1N(C)C. The summed E-state index contributed by atoms with van der Waals surface area (Å²) in [6, 6.07) is 5.63. The van der Waals surface area contributed by atoms with Gasteiger partial charge in [0.05, 0.1) is 18.4 Å². The monoisotopic (exact) mass is 283 g/mol. The molecule has 0 unspecified atom stereocenters. The molecule has 0 aliphatic rings. The maximum absolute atomic E-state index is 11.4. The zero-order valence-electron chi connectivity index (χ0n) is 9.58. The number of methoxy groups -OCH3 is 1. The zero-order chi connectivity index (χ0) is 12.3. The molecule has 0 aliphatic heterocycles. The van der Waals surface area contributed by atoms with Crippen molar-refractivity contribution >= 4 is 33.2 Å². The maximum atomic E-state index is 11.4. The topological polar surface area (TPSA) is 29.5 Å². The lowest BCUT2D eigenvalue weighted by molar-refractivity contribution is -0.133. The second-order valence-corrected chi connectivity index (χ2v) is 4.35. The molecule has 0 saturated heterocycles. The van der Waals surface area contributed by atoms with E-state index in [0.29, 0.717) is 5.57 Å². The Bertz CT molecular complexity index is 427. The summed E-state index contributed by atoms with van der Waals surface area (Å²) in [4.78, 5) is 13.4. The fourth-order valence-corrected chi connectivity index (χ4v) is 2.17. The standard InChI is InChI=1S/C12H14BrNO2/c1-8(12(15)16-4)9-6-5-7-10(13)11(9)14(2)3/h5-7H,1H2,2-4H3.